The van der Waals surface area contributed by atoms with Gasteiger partial charge in [0.15, 0.2) is 0 Å². The second kappa shape index (κ2) is 6.04. The summed E-state index contributed by atoms with van der Waals surface area (Å²) >= 11 is 3.30. The molecule has 0 spiro atoms. The molecule has 0 heterocycles. The Morgan fingerprint density at radius 2 is 1.58 bits per heavy atom. The summed E-state index contributed by atoms with van der Waals surface area (Å²) in [4.78, 5) is 0. The van der Waals surface area contributed by atoms with Crippen molar-refractivity contribution in [2.24, 2.45) is 0 Å². The van der Waals surface area contributed by atoms with Crippen LogP contribution in [0.1, 0.15) is 5.56 Å². The molecular formula is C14H12BrNO2S. The zero-order valence-electron chi connectivity index (χ0n) is 9.95. The Kier molecular flexibility index (Phi) is 4.39. The van der Waals surface area contributed by atoms with Crippen LogP contribution in [0.4, 0.5) is 5.69 Å². The van der Waals surface area contributed by atoms with E-state index in [1.807, 2.05) is 30.3 Å². The average molecular weight is 338 g/mol. The summed E-state index contributed by atoms with van der Waals surface area (Å²) < 4.78 is 27.1. The van der Waals surface area contributed by atoms with E-state index >= 15 is 0 Å². The largest absolute Gasteiger partial charge is 0.280 e. The van der Waals surface area contributed by atoms with Crippen LogP contribution in [0.3, 0.4) is 0 Å². The molecule has 0 saturated carbocycles. The van der Waals surface area contributed by atoms with Crippen LogP contribution in [0, 0.1) is 0 Å². The number of sulfonamides is 1. The molecule has 0 bridgehead atoms. The topological polar surface area (TPSA) is 46.2 Å². The minimum atomic E-state index is -3.49. The van der Waals surface area contributed by atoms with Crippen molar-refractivity contribution < 1.29 is 8.42 Å². The number of anilines is 1. The monoisotopic (exact) mass is 337 g/mol. The summed E-state index contributed by atoms with van der Waals surface area (Å²) in [5.74, 6) is 0. The van der Waals surface area contributed by atoms with E-state index in [4.69, 9.17) is 0 Å². The normalized spacial score (nSPS) is 11.6. The van der Waals surface area contributed by atoms with Crippen LogP contribution >= 0.6 is 15.9 Å². The van der Waals surface area contributed by atoms with Gasteiger partial charge in [0.2, 0.25) is 0 Å². The number of halogens is 1. The van der Waals surface area contributed by atoms with Crippen molar-refractivity contribution in [1.82, 2.24) is 0 Å². The molecule has 5 heteroatoms. The van der Waals surface area contributed by atoms with E-state index in [-0.39, 0.29) is 0 Å². The van der Waals surface area contributed by atoms with Crippen LogP contribution in [0.15, 0.2) is 64.5 Å². The van der Waals surface area contributed by atoms with E-state index in [2.05, 4.69) is 20.7 Å². The summed E-state index contributed by atoms with van der Waals surface area (Å²) in [6.45, 7) is 0. The number of rotatable bonds is 4. The lowest BCUT2D eigenvalue weighted by Gasteiger charge is -2.04. The molecule has 0 aliphatic rings. The van der Waals surface area contributed by atoms with Crippen molar-refractivity contribution in [1.29, 1.82) is 0 Å². The van der Waals surface area contributed by atoms with Gasteiger partial charge in [0.1, 0.15) is 0 Å². The molecule has 0 aliphatic carbocycles. The molecule has 0 aromatic heterocycles. The Bertz CT molecular complexity index is 664. The van der Waals surface area contributed by atoms with Gasteiger partial charge in [-0.05, 0) is 35.9 Å². The first-order chi connectivity index (χ1) is 9.05. The molecule has 0 radical (unpaired) electrons. The van der Waals surface area contributed by atoms with Gasteiger partial charge in [-0.15, -0.1) is 0 Å². The predicted molar refractivity (Wildman–Crippen MR) is 82.2 cm³/mol. The van der Waals surface area contributed by atoms with Gasteiger partial charge in [0, 0.05) is 10.2 Å². The van der Waals surface area contributed by atoms with Gasteiger partial charge in [0.25, 0.3) is 10.0 Å². The van der Waals surface area contributed by atoms with Crippen molar-refractivity contribution in [3.63, 3.8) is 0 Å². The van der Waals surface area contributed by atoms with Gasteiger partial charge < -0.3 is 0 Å². The highest BCUT2D eigenvalue weighted by atomic mass is 79.9. The highest BCUT2D eigenvalue weighted by molar-refractivity contribution is 9.10. The Balaban J connectivity index is 2.11. The van der Waals surface area contributed by atoms with Gasteiger partial charge in [-0.1, -0.05) is 46.3 Å². The van der Waals surface area contributed by atoms with Crippen LogP contribution in [0.25, 0.3) is 6.08 Å². The molecule has 1 N–H and O–H groups in total. The van der Waals surface area contributed by atoms with Crippen molar-refractivity contribution in [2.45, 2.75) is 0 Å². The Morgan fingerprint density at radius 3 is 2.21 bits per heavy atom. The molecule has 0 fully saturated rings. The SMILES string of the molecule is O=S(=O)(/C=C/c1ccccc1)Nc1ccc(Br)cc1. The minimum absolute atomic E-state index is 0.529. The maximum absolute atomic E-state index is 11.8. The molecule has 3 nitrogen and oxygen atoms in total. The van der Waals surface area contributed by atoms with E-state index in [9.17, 15) is 8.42 Å². The molecule has 2 rings (SSSR count). The first kappa shape index (κ1) is 13.8. The fourth-order valence-electron chi connectivity index (χ4n) is 1.45. The lowest BCUT2D eigenvalue weighted by atomic mass is 10.2. The fourth-order valence-corrected chi connectivity index (χ4v) is 2.58. The molecular weight excluding hydrogens is 326 g/mol. The number of benzene rings is 2. The summed E-state index contributed by atoms with van der Waals surface area (Å²) in [5.41, 5.74) is 1.37. The van der Waals surface area contributed by atoms with Crippen molar-refractivity contribution in [2.75, 3.05) is 4.72 Å². The lowest BCUT2D eigenvalue weighted by molar-refractivity contribution is 0.609. The quantitative estimate of drug-likeness (QED) is 0.920. The minimum Gasteiger partial charge on any atom is -0.280 e. The third-order valence-corrected chi connectivity index (χ3v) is 3.89. The molecule has 19 heavy (non-hydrogen) atoms. The molecule has 0 amide bonds. The standard InChI is InChI=1S/C14H12BrNO2S/c15-13-6-8-14(9-7-13)16-19(17,18)11-10-12-4-2-1-3-5-12/h1-11,16H/b11-10+. The first-order valence-corrected chi connectivity index (χ1v) is 7.91. The van der Waals surface area contributed by atoms with Crippen molar-refractivity contribution in [3.05, 3.63) is 70.0 Å². The van der Waals surface area contributed by atoms with Gasteiger partial charge in [-0.2, -0.15) is 0 Å². The zero-order valence-corrected chi connectivity index (χ0v) is 12.4. The third-order valence-electron chi connectivity index (χ3n) is 2.34. The Labute approximate surface area is 121 Å². The second-order valence-corrected chi connectivity index (χ2v) is 6.35. The number of hydrogen-bond acceptors (Lipinski definition) is 2. The molecule has 98 valence electrons. The molecule has 0 atom stereocenters. The smallest absolute Gasteiger partial charge is 0.255 e. The van der Waals surface area contributed by atoms with Crippen molar-refractivity contribution in [3.8, 4) is 0 Å². The van der Waals surface area contributed by atoms with E-state index in [0.717, 1.165) is 15.4 Å². The summed E-state index contributed by atoms with van der Waals surface area (Å²) in [5, 5.41) is 1.16. The summed E-state index contributed by atoms with van der Waals surface area (Å²) in [7, 11) is -3.49. The highest BCUT2D eigenvalue weighted by Crippen LogP contribution is 2.16. The van der Waals surface area contributed by atoms with Crippen LogP contribution in [0.5, 0.6) is 0 Å². The molecule has 0 saturated heterocycles. The van der Waals surface area contributed by atoms with Gasteiger partial charge in [-0.3, -0.25) is 4.72 Å². The van der Waals surface area contributed by atoms with Gasteiger partial charge in [-0.25, -0.2) is 8.42 Å². The lowest BCUT2D eigenvalue weighted by Crippen LogP contribution is -2.08. The fraction of sp³-hybridized carbons (Fsp3) is 0. The predicted octanol–water partition coefficient (Wildman–Crippen LogP) is 3.86. The van der Waals surface area contributed by atoms with Crippen LogP contribution < -0.4 is 4.72 Å². The van der Waals surface area contributed by atoms with E-state index < -0.39 is 10.0 Å². The van der Waals surface area contributed by atoms with Crippen LogP contribution in [-0.4, -0.2) is 8.42 Å². The maximum atomic E-state index is 11.8. The number of hydrogen-bond donors (Lipinski definition) is 1. The molecule has 2 aromatic rings. The van der Waals surface area contributed by atoms with E-state index in [1.54, 1.807) is 30.3 Å². The van der Waals surface area contributed by atoms with Crippen LogP contribution in [0.2, 0.25) is 0 Å². The average Bonchev–Trinajstić information content (AvgIpc) is 2.40. The maximum Gasteiger partial charge on any atom is 0.255 e. The Hall–Kier alpha value is -1.59. The summed E-state index contributed by atoms with van der Waals surface area (Å²) in [6.07, 6.45) is 1.56. The summed E-state index contributed by atoms with van der Waals surface area (Å²) in [6, 6.07) is 16.2. The highest BCUT2D eigenvalue weighted by Gasteiger charge is 2.04. The first-order valence-electron chi connectivity index (χ1n) is 5.57. The second-order valence-electron chi connectivity index (χ2n) is 3.87. The Morgan fingerprint density at radius 1 is 0.947 bits per heavy atom. The molecule has 0 unspecified atom stereocenters. The van der Waals surface area contributed by atoms with Gasteiger partial charge in [0.05, 0.1) is 5.41 Å². The number of nitrogens with one attached hydrogen (secondary N) is 1. The van der Waals surface area contributed by atoms with E-state index in [1.165, 1.54) is 0 Å². The third kappa shape index (κ3) is 4.54. The molecule has 0 aliphatic heterocycles. The molecule has 2 aromatic carbocycles. The van der Waals surface area contributed by atoms with Gasteiger partial charge >= 0.3 is 0 Å². The van der Waals surface area contributed by atoms with Crippen molar-refractivity contribution >= 4 is 37.7 Å². The van der Waals surface area contributed by atoms with Crippen LogP contribution in [-0.2, 0) is 10.0 Å². The zero-order chi connectivity index (χ0) is 13.7. The van der Waals surface area contributed by atoms with E-state index in [0.29, 0.717) is 5.69 Å².